The molecule has 1 N–H and O–H groups in total. The number of carbonyl (C=O) groups is 1. The lowest BCUT2D eigenvalue weighted by Crippen LogP contribution is -2.12. The van der Waals surface area contributed by atoms with Crippen LogP contribution < -0.4 is 5.32 Å². The molecule has 0 aromatic carbocycles. The number of carbonyl (C=O) groups excluding carboxylic acids is 1. The number of nitrogens with one attached hydrogen (secondary N) is 1. The second kappa shape index (κ2) is 3.74. The normalized spacial score (nSPS) is 9.87. The number of hydrogen-bond donors (Lipinski definition) is 1. The molecule has 0 spiro atoms. The molecule has 7 nitrogen and oxygen atoms in total. The molecule has 2 rings (SSSR count). The molecular formula is C8H7N5O2. The summed E-state index contributed by atoms with van der Waals surface area (Å²) in [7, 11) is 0. The zero-order valence-corrected chi connectivity index (χ0v) is 7.62. The standard InChI is InChI=1S/C8H7N5O2/c1-2-13-11-8(10-12-13)9-7(14)6-4-3-5-15-6/h2-5H,1H2,(H,9,11,14). The van der Waals surface area contributed by atoms with E-state index >= 15 is 0 Å². The average molecular weight is 205 g/mol. The Kier molecular flexibility index (Phi) is 2.28. The third-order valence-electron chi connectivity index (χ3n) is 1.56. The average Bonchev–Trinajstić information content (AvgIpc) is 2.87. The summed E-state index contributed by atoms with van der Waals surface area (Å²) < 4.78 is 4.89. The molecule has 2 aromatic heterocycles. The molecule has 0 fully saturated rings. The Bertz CT molecular complexity index is 473. The van der Waals surface area contributed by atoms with Crippen LogP contribution in [0.5, 0.6) is 0 Å². The molecule has 7 heteroatoms. The Morgan fingerprint density at radius 1 is 1.67 bits per heavy atom. The van der Waals surface area contributed by atoms with Crippen molar-refractivity contribution >= 4 is 18.1 Å². The first-order valence-electron chi connectivity index (χ1n) is 4.06. The van der Waals surface area contributed by atoms with Crippen molar-refractivity contribution < 1.29 is 9.21 Å². The molecule has 0 radical (unpaired) electrons. The van der Waals surface area contributed by atoms with Gasteiger partial charge >= 0.3 is 0 Å². The minimum atomic E-state index is -0.427. The van der Waals surface area contributed by atoms with E-state index in [1.807, 2.05) is 0 Å². The van der Waals surface area contributed by atoms with Crippen molar-refractivity contribution in [2.24, 2.45) is 0 Å². The third kappa shape index (κ3) is 1.90. The minimum absolute atomic E-state index is 0.0938. The monoisotopic (exact) mass is 205 g/mol. The SMILES string of the molecule is C=Cn1nnc(NC(=O)c2ccco2)n1. The molecule has 0 atom stereocenters. The van der Waals surface area contributed by atoms with Gasteiger partial charge in [-0.2, -0.15) is 0 Å². The van der Waals surface area contributed by atoms with Gasteiger partial charge in [0.25, 0.3) is 11.9 Å². The Hall–Kier alpha value is -2.44. The van der Waals surface area contributed by atoms with E-state index < -0.39 is 5.91 Å². The lowest BCUT2D eigenvalue weighted by molar-refractivity contribution is 0.0996. The second-order valence-electron chi connectivity index (χ2n) is 2.55. The van der Waals surface area contributed by atoms with Gasteiger partial charge in [-0.25, -0.2) is 0 Å². The predicted molar refractivity (Wildman–Crippen MR) is 50.9 cm³/mol. The van der Waals surface area contributed by atoms with E-state index in [2.05, 4.69) is 27.3 Å². The smallest absolute Gasteiger partial charge is 0.293 e. The predicted octanol–water partition coefficient (Wildman–Crippen LogP) is 0.619. The molecule has 0 bridgehead atoms. The Morgan fingerprint density at radius 3 is 3.13 bits per heavy atom. The van der Waals surface area contributed by atoms with E-state index in [-0.39, 0.29) is 11.7 Å². The van der Waals surface area contributed by atoms with Gasteiger partial charge in [-0.05, 0) is 17.3 Å². The largest absolute Gasteiger partial charge is 0.459 e. The van der Waals surface area contributed by atoms with Crippen LogP contribution in [0.4, 0.5) is 5.95 Å². The van der Waals surface area contributed by atoms with Crippen molar-refractivity contribution in [3.8, 4) is 0 Å². The van der Waals surface area contributed by atoms with Crippen molar-refractivity contribution in [2.45, 2.75) is 0 Å². The van der Waals surface area contributed by atoms with Crippen LogP contribution in [0.1, 0.15) is 10.6 Å². The van der Waals surface area contributed by atoms with Gasteiger partial charge in [0, 0.05) is 6.20 Å². The summed E-state index contributed by atoms with van der Waals surface area (Å²) in [6, 6.07) is 3.15. The number of aromatic nitrogens is 4. The number of rotatable bonds is 3. The van der Waals surface area contributed by atoms with Gasteiger partial charge in [0.2, 0.25) is 0 Å². The summed E-state index contributed by atoms with van der Waals surface area (Å²) >= 11 is 0. The topological polar surface area (TPSA) is 85.8 Å². The van der Waals surface area contributed by atoms with Gasteiger partial charge in [0.05, 0.1) is 6.26 Å². The van der Waals surface area contributed by atoms with Crippen LogP contribution >= 0.6 is 0 Å². The Morgan fingerprint density at radius 2 is 2.53 bits per heavy atom. The van der Waals surface area contributed by atoms with Crippen LogP contribution in [0, 0.1) is 0 Å². The molecule has 15 heavy (non-hydrogen) atoms. The first kappa shape index (κ1) is 9.13. The summed E-state index contributed by atoms with van der Waals surface area (Å²) in [5.74, 6) is -0.148. The molecule has 2 aromatic rings. The summed E-state index contributed by atoms with van der Waals surface area (Å²) in [5.41, 5.74) is 0. The Labute approximate surface area is 84.4 Å². The van der Waals surface area contributed by atoms with Gasteiger partial charge in [-0.1, -0.05) is 11.7 Å². The minimum Gasteiger partial charge on any atom is -0.459 e. The van der Waals surface area contributed by atoms with Crippen molar-refractivity contribution in [3.63, 3.8) is 0 Å². The van der Waals surface area contributed by atoms with Crippen molar-refractivity contribution in [1.29, 1.82) is 0 Å². The number of nitrogens with zero attached hydrogens (tertiary/aromatic N) is 4. The summed E-state index contributed by atoms with van der Waals surface area (Å²) in [5, 5.41) is 13.3. The van der Waals surface area contributed by atoms with Gasteiger partial charge < -0.3 is 4.42 Å². The maximum absolute atomic E-state index is 11.4. The highest BCUT2D eigenvalue weighted by atomic mass is 16.3. The quantitative estimate of drug-likeness (QED) is 0.793. The van der Waals surface area contributed by atoms with Crippen LogP contribution in [-0.2, 0) is 0 Å². The van der Waals surface area contributed by atoms with Gasteiger partial charge in [-0.15, -0.1) is 9.90 Å². The number of amides is 1. The van der Waals surface area contributed by atoms with E-state index in [9.17, 15) is 4.79 Å². The lowest BCUT2D eigenvalue weighted by Gasteiger charge is -1.94. The molecule has 76 valence electrons. The Balaban J connectivity index is 2.09. The maximum atomic E-state index is 11.4. The second-order valence-corrected chi connectivity index (χ2v) is 2.55. The number of tetrazole rings is 1. The highest BCUT2D eigenvalue weighted by molar-refractivity contribution is 6.01. The molecule has 0 aliphatic heterocycles. The summed E-state index contributed by atoms with van der Waals surface area (Å²) in [6.45, 7) is 3.44. The maximum Gasteiger partial charge on any atom is 0.293 e. The highest BCUT2D eigenvalue weighted by Crippen LogP contribution is 2.03. The summed E-state index contributed by atoms with van der Waals surface area (Å²) in [6.07, 6.45) is 2.76. The van der Waals surface area contributed by atoms with E-state index in [0.717, 1.165) is 4.80 Å². The molecule has 0 aliphatic carbocycles. The van der Waals surface area contributed by atoms with Crippen LogP contribution in [0.25, 0.3) is 6.20 Å². The van der Waals surface area contributed by atoms with Crippen molar-refractivity contribution in [1.82, 2.24) is 20.2 Å². The molecule has 0 unspecified atom stereocenters. The van der Waals surface area contributed by atoms with Crippen LogP contribution in [0.3, 0.4) is 0 Å². The van der Waals surface area contributed by atoms with Gasteiger partial charge in [0.1, 0.15) is 0 Å². The zero-order chi connectivity index (χ0) is 10.7. The number of anilines is 1. The van der Waals surface area contributed by atoms with Gasteiger partial charge in [0.15, 0.2) is 5.76 Å². The lowest BCUT2D eigenvalue weighted by atomic mass is 10.4. The number of furan rings is 1. The van der Waals surface area contributed by atoms with E-state index in [4.69, 9.17) is 4.42 Å². The van der Waals surface area contributed by atoms with E-state index in [0.29, 0.717) is 0 Å². The molecular weight excluding hydrogens is 198 g/mol. The summed E-state index contributed by atoms with van der Waals surface area (Å²) in [4.78, 5) is 12.6. The number of hydrogen-bond acceptors (Lipinski definition) is 5. The molecule has 1 amide bonds. The van der Waals surface area contributed by atoms with Crippen LogP contribution in [0.2, 0.25) is 0 Å². The molecule has 0 saturated carbocycles. The third-order valence-corrected chi connectivity index (χ3v) is 1.56. The fourth-order valence-corrected chi connectivity index (χ4v) is 0.923. The van der Waals surface area contributed by atoms with Crippen LogP contribution in [-0.4, -0.2) is 26.1 Å². The fourth-order valence-electron chi connectivity index (χ4n) is 0.923. The molecule has 2 heterocycles. The van der Waals surface area contributed by atoms with E-state index in [1.54, 1.807) is 6.07 Å². The first-order chi connectivity index (χ1) is 7.29. The molecule has 0 saturated heterocycles. The zero-order valence-electron chi connectivity index (χ0n) is 7.62. The highest BCUT2D eigenvalue weighted by Gasteiger charge is 2.11. The van der Waals surface area contributed by atoms with Crippen LogP contribution in [0.15, 0.2) is 29.4 Å². The van der Waals surface area contributed by atoms with E-state index in [1.165, 1.54) is 18.5 Å². The van der Waals surface area contributed by atoms with Gasteiger partial charge in [-0.3, -0.25) is 10.1 Å². The fraction of sp³-hybridized carbons (Fsp3) is 0. The molecule has 0 aliphatic rings. The first-order valence-corrected chi connectivity index (χ1v) is 4.06. The van der Waals surface area contributed by atoms with Crippen molar-refractivity contribution in [2.75, 3.05) is 5.32 Å². The van der Waals surface area contributed by atoms with Crippen molar-refractivity contribution in [3.05, 3.63) is 30.7 Å².